The lowest BCUT2D eigenvalue weighted by molar-refractivity contribution is -0.145. The molecule has 51 heavy (non-hydrogen) atoms. The molecular weight excluding hydrogens is 671 g/mol. The van der Waals surface area contributed by atoms with Gasteiger partial charge in [-0.25, -0.2) is 13.2 Å². The number of piperidine rings is 1. The number of hydrogen-bond donors (Lipinski definition) is 4. The molecule has 0 aromatic heterocycles. The van der Waals surface area contributed by atoms with Gasteiger partial charge in [-0.1, -0.05) is 86.5 Å². The van der Waals surface area contributed by atoms with Gasteiger partial charge in [-0.3, -0.25) is 19.2 Å². The molecule has 5 atom stereocenters. The molecule has 0 radical (unpaired) electrons. The zero-order valence-electron chi connectivity index (χ0n) is 31.7. The maximum Gasteiger partial charge on any atom is 0.315 e. The second-order valence-corrected chi connectivity index (χ2v) is 19.9. The molecule has 1 saturated heterocycles. The number of rotatable bonds is 16. The van der Waals surface area contributed by atoms with Gasteiger partial charge in [-0.05, 0) is 66.6 Å². The van der Waals surface area contributed by atoms with Crippen LogP contribution in [0, 0.1) is 46.8 Å². The minimum atomic E-state index is -3.45. The number of nitrogens with one attached hydrogen (secondary N) is 4. The summed E-state index contributed by atoms with van der Waals surface area (Å²) in [5.74, 6) is 0.223. The van der Waals surface area contributed by atoms with Crippen LogP contribution in [0.5, 0.6) is 0 Å². The van der Waals surface area contributed by atoms with E-state index in [-0.39, 0.29) is 41.2 Å². The number of nitrogens with zero attached hydrogens (tertiary/aromatic N) is 1. The van der Waals surface area contributed by atoms with Crippen LogP contribution in [0.15, 0.2) is 0 Å². The zero-order chi connectivity index (χ0) is 37.9. The Morgan fingerprint density at radius 3 is 2.20 bits per heavy atom. The zero-order valence-corrected chi connectivity index (χ0v) is 32.5. The van der Waals surface area contributed by atoms with E-state index in [2.05, 4.69) is 41.0 Å². The number of fused-ring (bicyclic) bond motifs is 1. The monoisotopic (exact) mass is 731 g/mol. The second-order valence-electron chi connectivity index (χ2n) is 17.7. The van der Waals surface area contributed by atoms with Crippen LogP contribution < -0.4 is 21.3 Å². The van der Waals surface area contributed by atoms with Gasteiger partial charge in [0.25, 0.3) is 5.91 Å². The third-order valence-electron chi connectivity index (χ3n) is 11.6. The van der Waals surface area contributed by atoms with Gasteiger partial charge in [0, 0.05) is 6.54 Å². The number of carbonyl (C=O) groups excluding carboxylic acids is 5. The van der Waals surface area contributed by atoms with Gasteiger partial charge >= 0.3 is 6.03 Å². The molecule has 4 fully saturated rings. The summed E-state index contributed by atoms with van der Waals surface area (Å²) in [6.45, 7) is 13.8. The van der Waals surface area contributed by atoms with Crippen molar-refractivity contribution in [2.45, 2.75) is 136 Å². The SMILES string of the molecule is C#CCNC(=O)C(=O)[C@H](CCC1CC1)NC(=O)[C@@H]1[C@@H]2[C@H](CN1C(=O)[C@@H](NC(=O)NC1(CS(=O)(=O)CCC(C)C)CCCCC1)C(C)(C)C)C2(C)C. The molecule has 4 rings (SSSR count). The Labute approximate surface area is 305 Å². The highest BCUT2D eigenvalue weighted by atomic mass is 32.2. The summed E-state index contributed by atoms with van der Waals surface area (Å²) in [5, 5.41) is 11.2. The summed E-state index contributed by atoms with van der Waals surface area (Å²) in [6, 6.07) is -3.60. The van der Waals surface area contributed by atoms with Crippen LogP contribution in [-0.2, 0) is 29.0 Å². The van der Waals surface area contributed by atoms with E-state index in [0.29, 0.717) is 44.6 Å². The smallest absolute Gasteiger partial charge is 0.315 e. The molecule has 1 heterocycles. The van der Waals surface area contributed by atoms with Crippen LogP contribution in [0.25, 0.3) is 0 Å². The van der Waals surface area contributed by atoms with E-state index in [0.717, 1.165) is 32.1 Å². The molecule has 3 aliphatic carbocycles. The second kappa shape index (κ2) is 15.8. The van der Waals surface area contributed by atoms with Gasteiger partial charge in [-0.2, -0.15) is 0 Å². The van der Waals surface area contributed by atoms with Crippen molar-refractivity contribution >= 4 is 39.4 Å². The molecule has 5 amide bonds. The van der Waals surface area contributed by atoms with Gasteiger partial charge in [0.15, 0.2) is 9.84 Å². The fourth-order valence-electron chi connectivity index (χ4n) is 8.19. The predicted molar refractivity (Wildman–Crippen MR) is 196 cm³/mol. The van der Waals surface area contributed by atoms with Gasteiger partial charge < -0.3 is 26.2 Å². The first kappa shape index (κ1) is 40.6. The first-order valence-electron chi connectivity index (χ1n) is 18.9. The Balaban J connectivity index is 1.53. The molecule has 1 aliphatic heterocycles. The molecule has 0 unspecified atom stereocenters. The van der Waals surface area contributed by atoms with E-state index in [1.54, 1.807) is 0 Å². The third-order valence-corrected chi connectivity index (χ3v) is 13.5. The maximum absolute atomic E-state index is 14.5. The van der Waals surface area contributed by atoms with Crippen molar-refractivity contribution < 1.29 is 32.4 Å². The van der Waals surface area contributed by atoms with Crippen LogP contribution in [0.4, 0.5) is 4.79 Å². The normalized spacial score (nSPS) is 24.8. The van der Waals surface area contributed by atoms with E-state index in [4.69, 9.17) is 6.42 Å². The average molecular weight is 732 g/mol. The Hall–Kier alpha value is -3.14. The lowest BCUT2D eigenvalue weighted by atomic mass is 9.83. The van der Waals surface area contributed by atoms with Crippen molar-refractivity contribution in [3.05, 3.63) is 0 Å². The van der Waals surface area contributed by atoms with Gasteiger partial charge in [0.05, 0.1) is 29.6 Å². The summed E-state index contributed by atoms with van der Waals surface area (Å²) < 4.78 is 26.4. The molecule has 13 heteroatoms. The highest BCUT2D eigenvalue weighted by molar-refractivity contribution is 7.91. The summed E-state index contributed by atoms with van der Waals surface area (Å²) in [5.41, 5.74) is -1.91. The third kappa shape index (κ3) is 10.3. The van der Waals surface area contributed by atoms with Gasteiger partial charge in [-0.15, -0.1) is 6.42 Å². The van der Waals surface area contributed by atoms with Crippen molar-refractivity contribution in [3.63, 3.8) is 0 Å². The Morgan fingerprint density at radius 2 is 1.63 bits per heavy atom. The van der Waals surface area contributed by atoms with Gasteiger partial charge in [0.2, 0.25) is 17.6 Å². The van der Waals surface area contributed by atoms with E-state index in [1.165, 1.54) is 4.90 Å². The van der Waals surface area contributed by atoms with Crippen LogP contribution in [0.1, 0.15) is 113 Å². The van der Waals surface area contributed by atoms with Crippen molar-refractivity contribution in [1.29, 1.82) is 0 Å². The number of amides is 5. The summed E-state index contributed by atoms with van der Waals surface area (Å²) >= 11 is 0. The summed E-state index contributed by atoms with van der Waals surface area (Å²) in [6.07, 6.45) is 12.5. The Morgan fingerprint density at radius 1 is 0.980 bits per heavy atom. The predicted octanol–water partition coefficient (Wildman–Crippen LogP) is 3.34. The number of carbonyl (C=O) groups is 5. The quantitative estimate of drug-likeness (QED) is 0.139. The number of likely N-dealkylation sites (tertiary alicyclic amines) is 1. The summed E-state index contributed by atoms with van der Waals surface area (Å²) in [4.78, 5) is 69.8. The number of ketones is 1. The number of sulfone groups is 1. The number of urea groups is 1. The lowest BCUT2D eigenvalue weighted by Crippen LogP contribution is -2.64. The molecule has 286 valence electrons. The highest BCUT2D eigenvalue weighted by Crippen LogP contribution is 2.65. The number of terminal acetylenes is 1. The maximum atomic E-state index is 14.5. The molecule has 12 nitrogen and oxygen atoms in total. The molecular formula is C38H61N5O7S. The molecule has 4 aliphatic rings. The summed E-state index contributed by atoms with van der Waals surface area (Å²) in [7, 11) is -3.45. The fraction of sp³-hybridized carbons (Fsp3) is 0.816. The van der Waals surface area contributed by atoms with Crippen LogP contribution in [0.3, 0.4) is 0 Å². The van der Waals surface area contributed by atoms with Crippen molar-refractivity contribution in [2.75, 3.05) is 24.6 Å². The van der Waals surface area contributed by atoms with Crippen molar-refractivity contribution in [3.8, 4) is 12.3 Å². The molecule has 3 saturated carbocycles. The number of Topliss-reactive ketones (excluding diaryl/α,β-unsaturated/α-hetero) is 1. The molecule has 0 aromatic rings. The largest absolute Gasteiger partial charge is 0.344 e. The topological polar surface area (TPSA) is 171 Å². The van der Waals surface area contributed by atoms with E-state index >= 15 is 0 Å². The van der Waals surface area contributed by atoms with Crippen molar-refractivity contribution in [1.82, 2.24) is 26.2 Å². The minimum Gasteiger partial charge on any atom is -0.344 e. The first-order valence-corrected chi connectivity index (χ1v) is 20.7. The van der Waals surface area contributed by atoms with Crippen LogP contribution in [0.2, 0.25) is 0 Å². The molecule has 0 bridgehead atoms. The Bertz CT molecular complexity index is 1480. The molecule has 0 aromatic carbocycles. The van der Waals surface area contributed by atoms with E-state index in [1.807, 2.05) is 34.6 Å². The minimum absolute atomic E-state index is 0.0488. The standard InChI is InChI=1S/C38H61N5O7S/c1-9-20-39-33(46)30(44)27(16-15-25-13-14-25)40-32(45)29-28-26(37(28,7)8)22-43(29)34(47)31(36(4,5)6)41-35(48)42-38(18-11-10-12-19-38)23-51(49,50)21-17-24(2)3/h1,24-29,31H,10-23H2,2-8H3,(H,39,46)(H,40,45)(H2,41,42,48)/t26-,27-,28-,29-,31+/m0/s1. The number of hydrogen-bond acceptors (Lipinski definition) is 7. The van der Waals surface area contributed by atoms with Gasteiger partial charge in [0.1, 0.15) is 12.1 Å². The molecule has 0 spiro atoms. The average Bonchev–Trinajstić information content (AvgIpc) is 3.90. The first-order chi connectivity index (χ1) is 23.7. The van der Waals surface area contributed by atoms with E-state index < -0.39 is 68.5 Å². The lowest BCUT2D eigenvalue weighted by Gasteiger charge is -2.40. The Kier molecular flexibility index (Phi) is 12.6. The van der Waals surface area contributed by atoms with Crippen LogP contribution >= 0.6 is 0 Å². The van der Waals surface area contributed by atoms with Crippen molar-refractivity contribution in [2.24, 2.45) is 34.5 Å². The molecule has 4 N–H and O–H groups in total. The fourth-order valence-corrected chi connectivity index (χ4v) is 10.4. The van der Waals surface area contributed by atoms with Crippen LogP contribution in [-0.4, -0.2) is 91.1 Å². The van der Waals surface area contributed by atoms with E-state index in [9.17, 15) is 32.4 Å². The highest BCUT2D eigenvalue weighted by Gasteiger charge is 2.70.